The fourth-order valence-electron chi connectivity index (χ4n) is 2.41. The molecule has 1 atom stereocenters. The summed E-state index contributed by atoms with van der Waals surface area (Å²) in [7, 11) is 0. The zero-order valence-electron chi connectivity index (χ0n) is 10.2. The Kier molecular flexibility index (Phi) is 2.71. The highest BCUT2D eigenvalue weighted by atomic mass is 16.5. The molecular formula is C15H14O4. The van der Waals surface area contributed by atoms with Crippen LogP contribution >= 0.6 is 0 Å². The van der Waals surface area contributed by atoms with Gasteiger partial charge in [0.2, 0.25) is 0 Å². The maximum absolute atomic E-state index is 9.87. The van der Waals surface area contributed by atoms with Gasteiger partial charge in [0.15, 0.2) is 0 Å². The summed E-state index contributed by atoms with van der Waals surface area (Å²) >= 11 is 0. The topological polar surface area (TPSA) is 69.9 Å². The largest absolute Gasteiger partial charge is 0.508 e. The van der Waals surface area contributed by atoms with Crippen molar-refractivity contribution < 1.29 is 20.1 Å². The standard InChI is InChI=1S/C15H14O4/c16-11-3-1-9(2-4-11)10-5-13-14(18)6-12(17)7-15(13)19-8-10/h1-4,6-7,10,16-18H,5,8H2/t10-/m1/s1. The number of hydrogen-bond donors (Lipinski definition) is 3. The summed E-state index contributed by atoms with van der Waals surface area (Å²) in [6.45, 7) is 0.487. The van der Waals surface area contributed by atoms with Gasteiger partial charge in [-0.05, 0) is 24.1 Å². The molecule has 0 fully saturated rings. The van der Waals surface area contributed by atoms with E-state index in [0.717, 1.165) is 5.56 Å². The molecule has 2 aromatic rings. The van der Waals surface area contributed by atoms with E-state index in [-0.39, 0.29) is 23.2 Å². The van der Waals surface area contributed by atoms with Gasteiger partial charge in [-0.25, -0.2) is 0 Å². The lowest BCUT2D eigenvalue weighted by molar-refractivity contribution is 0.257. The summed E-state index contributed by atoms with van der Waals surface area (Å²) in [6.07, 6.45) is 0.645. The lowest BCUT2D eigenvalue weighted by Gasteiger charge is -2.26. The molecule has 0 saturated heterocycles. The Balaban J connectivity index is 1.92. The molecule has 98 valence electrons. The van der Waals surface area contributed by atoms with Crippen LogP contribution in [0.4, 0.5) is 0 Å². The number of aromatic hydroxyl groups is 3. The number of ether oxygens (including phenoxy) is 1. The highest BCUT2D eigenvalue weighted by Gasteiger charge is 2.24. The average molecular weight is 258 g/mol. The van der Waals surface area contributed by atoms with Crippen molar-refractivity contribution >= 4 is 0 Å². The first kappa shape index (κ1) is 11.7. The van der Waals surface area contributed by atoms with E-state index in [1.807, 2.05) is 12.1 Å². The Labute approximate surface area is 110 Å². The second kappa shape index (κ2) is 4.39. The van der Waals surface area contributed by atoms with Crippen molar-refractivity contribution in [2.75, 3.05) is 6.61 Å². The first-order valence-electron chi connectivity index (χ1n) is 6.10. The van der Waals surface area contributed by atoms with Crippen molar-refractivity contribution in [3.63, 3.8) is 0 Å². The van der Waals surface area contributed by atoms with Crippen LogP contribution < -0.4 is 4.74 Å². The van der Waals surface area contributed by atoms with E-state index in [9.17, 15) is 15.3 Å². The third kappa shape index (κ3) is 2.17. The van der Waals surface area contributed by atoms with Gasteiger partial charge in [0, 0.05) is 23.6 Å². The molecule has 3 N–H and O–H groups in total. The average Bonchev–Trinajstić information content (AvgIpc) is 2.39. The maximum atomic E-state index is 9.87. The summed E-state index contributed by atoms with van der Waals surface area (Å²) in [5.74, 6) is 0.947. The van der Waals surface area contributed by atoms with Crippen molar-refractivity contribution in [1.29, 1.82) is 0 Å². The van der Waals surface area contributed by atoms with Gasteiger partial charge in [0.1, 0.15) is 23.0 Å². The van der Waals surface area contributed by atoms with Crippen molar-refractivity contribution in [2.24, 2.45) is 0 Å². The minimum atomic E-state index is -0.000617. The number of phenolic OH excluding ortho intramolecular Hbond substituents is 3. The summed E-state index contributed by atoms with van der Waals surface area (Å²) in [5.41, 5.74) is 1.76. The smallest absolute Gasteiger partial charge is 0.129 e. The molecule has 3 rings (SSSR count). The van der Waals surface area contributed by atoms with Crippen LogP contribution in [0, 0.1) is 0 Å². The van der Waals surface area contributed by atoms with Crippen LogP contribution in [-0.2, 0) is 6.42 Å². The first-order valence-corrected chi connectivity index (χ1v) is 6.10. The van der Waals surface area contributed by atoms with Crippen LogP contribution in [0.25, 0.3) is 0 Å². The zero-order chi connectivity index (χ0) is 13.4. The highest BCUT2D eigenvalue weighted by Crippen LogP contribution is 2.40. The normalized spacial score (nSPS) is 17.6. The van der Waals surface area contributed by atoms with E-state index in [0.29, 0.717) is 24.3 Å². The number of rotatable bonds is 1. The second-order valence-corrected chi connectivity index (χ2v) is 4.75. The fraction of sp³-hybridized carbons (Fsp3) is 0.200. The second-order valence-electron chi connectivity index (χ2n) is 4.75. The van der Waals surface area contributed by atoms with Crippen LogP contribution in [0.15, 0.2) is 36.4 Å². The van der Waals surface area contributed by atoms with Crippen LogP contribution in [0.3, 0.4) is 0 Å². The Morgan fingerprint density at radius 2 is 1.68 bits per heavy atom. The van der Waals surface area contributed by atoms with E-state index in [1.54, 1.807) is 12.1 Å². The minimum Gasteiger partial charge on any atom is -0.508 e. The van der Waals surface area contributed by atoms with Crippen molar-refractivity contribution in [1.82, 2.24) is 0 Å². The lowest BCUT2D eigenvalue weighted by atomic mass is 9.90. The predicted octanol–water partition coefficient (Wildman–Crippen LogP) is 2.52. The van der Waals surface area contributed by atoms with Crippen LogP contribution in [0.2, 0.25) is 0 Å². The van der Waals surface area contributed by atoms with E-state index >= 15 is 0 Å². The molecule has 2 aromatic carbocycles. The monoisotopic (exact) mass is 258 g/mol. The van der Waals surface area contributed by atoms with Crippen LogP contribution in [-0.4, -0.2) is 21.9 Å². The molecule has 1 aliphatic rings. The van der Waals surface area contributed by atoms with E-state index < -0.39 is 0 Å². The summed E-state index contributed by atoms with van der Waals surface area (Å²) in [5, 5.41) is 28.6. The van der Waals surface area contributed by atoms with Gasteiger partial charge in [0.05, 0.1) is 6.61 Å². The molecule has 0 amide bonds. The number of fused-ring (bicyclic) bond motifs is 1. The summed E-state index contributed by atoms with van der Waals surface area (Å²) in [6, 6.07) is 9.82. The molecule has 0 aromatic heterocycles. The minimum absolute atomic E-state index is 0.000617. The molecule has 4 heteroatoms. The molecule has 19 heavy (non-hydrogen) atoms. The number of hydrogen-bond acceptors (Lipinski definition) is 4. The van der Waals surface area contributed by atoms with Gasteiger partial charge < -0.3 is 20.1 Å². The Morgan fingerprint density at radius 3 is 2.42 bits per heavy atom. The summed E-state index contributed by atoms with van der Waals surface area (Å²) < 4.78 is 5.60. The Bertz CT molecular complexity index is 604. The van der Waals surface area contributed by atoms with Crippen molar-refractivity contribution in [2.45, 2.75) is 12.3 Å². The van der Waals surface area contributed by atoms with E-state index in [1.165, 1.54) is 12.1 Å². The van der Waals surface area contributed by atoms with Crippen molar-refractivity contribution in [3.8, 4) is 23.0 Å². The van der Waals surface area contributed by atoms with Gasteiger partial charge in [-0.15, -0.1) is 0 Å². The molecule has 0 spiro atoms. The molecule has 0 bridgehead atoms. The number of phenols is 3. The summed E-state index contributed by atoms with van der Waals surface area (Å²) in [4.78, 5) is 0. The molecule has 4 nitrogen and oxygen atoms in total. The number of benzene rings is 2. The molecule has 1 heterocycles. The third-order valence-corrected chi connectivity index (χ3v) is 3.43. The third-order valence-electron chi connectivity index (χ3n) is 3.43. The molecule has 0 unspecified atom stereocenters. The SMILES string of the molecule is Oc1ccc([C@H]2COc3cc(O)cc(O)c3C2)cc1. The lowest BCUT2D eigenvalue weighted by Crippen LogP contribution is -2.19. The van der Waals surface area contributed by atoms with Crippen molar-refractivity contribution in [3.05, 3.63) is 47.5 Å². The van der Waals surface area contributed by atoms with E-state index in [4.69, 9.17) is 4.74 Å². The van der Waals surface area contributed by atoms with E-state index in [2.05, 4.69) is 0 Å². The van der Waals surface area contributed by atoms with Gasteiger partial charge in [0.25, 0.3) is 0 Å². The molecule has 0 aliphatic carbocycles. The van der Waals surface area contributed by atoms with Gasteiger partial charge in [-0.2, -0.15) is 0 Å². The van der Waals surface area contributed by atoms with Gasteiger partial charge in [-0.1, -0.05) is 12.1 Å². The molecule has 0 radical (unpaired) electrons. The van der Waals surface area contributed by atoms with Crippen LogP contribution in [0.1, 0.15) is 17.0 Å². The van der Waals surface area contributed by atoms with Gasteiger partial charge in [-0.3, -0.25) is 0 Å². The molecule has 0 saturated carbocycles. The van der Waals surface area contributed by atoms with Gasteiger partial charge >= 0.3 is 0 Å². The molecular weight excluding hydrogens is 244 g/mol. The highest BCUT2D eigenvalue weighted by molar-refractivity contribution is 5.51. The quantitative estimate of drug-likeness (QED) is 0.735. The predicted molar refractivity (Wildman–Crippen MR) is 69.8 cm³/mol. The zero-order valence-corrected chi connectivity index (χ0v) is 10.2. The van der Waals surface area contributed by atoms with Crippen LogP contribution in [0.5, 0.6) is 23.0 Å². The maximum Gasteiger partial charge on any atom is 0.129 e. The molecule has 1 aliphatic heterocycles. The Hall–Kier alpha value is -2.36. The Morgan fingerprint density at radius 1 is 0.947 bits per heavy atom. The fourth-order valence-corrected chi connectivity index (χ4v) is 2.41. The first-order chi connectivity index (χ1) is 9.13.